The third-order valence-corrected chi connectivity index (χ3v) is 5.95. The Morgan fingerprint density at radius 2 is 1.92 bits per heavy atom. The zero-order valence-corrected chi connectivity index (χ0v) is 15.5. The number of carbonyl (C=O) groups excluding carboxylic acids is 1. The first-order valence-electron chi connectivity index (χ1n) is 7.66. The molecule has 2 N–H and O–H groups in total. The van der Waals surface area contributed by atoms with Gasteiger partial charge in [0.15, 0.2) is 11.4 Å². The molecule has 0 aliphatic heterocycles. The lowest BCUT2D eigenvalue weighted by atomic mass is 10.00. The fourth-order valence-electron chi connectivity index (χ4n) is 2.65. The Kier molecular flexibility index (Phi) is 4.70. The fourth-order valence-corrected chi connectivity index (χ4v) is 4.24. The van der Waals surface area contributed by atoms with Crippen LogP contribution in [0.1, 0.15) is 18.5 Å². The minimum atomic E-state index is -3.93. The number of benzene rings is 1. The van der Waals surface area contributed by atoms with Crippen molar-refractivity contribution in [3.63, 3.8) is 0 Å². The quantitative estimate of drug-likeness (QED) is 0.676. The summed E-state index contributed by atoms with van der Waals surface area (Å²) in [5, 5.41) is 0.591. The van der Waals surface area contributed by atoms with Crippen LogP contribution in [0.2, 0.25) is 5.02 Å². The Labute approximate surface area is 156 Å². The van der Waals surface area contributed by atoms with E-state index in [-0.39, 0.29) is 26.7 Å². The summed E-state index contributed by atoms with van der Waals surface area (Å²) in [6.07, 6.45) is 2.70. The van der Waals surface area contributed by atoms with Crippen LogP contribution in [0.3, 0.4) is 0 Å². The second-order valence-corrected chi connectivity index (χ2v) is 8.03. The number of Topliss-reactive ketones (excluding diaryl/α,β-unsaturated/α-hetero) is 1. The summed E-state index contributed by atoms with van der Waals surface area (Å²) < 4.78 is 27.1. The Hall–Kier alpha value is -2.48. The number of carbonyl (C=O) groups is 1. The molecule has 0 fully saturated rings. The van der Waals surface area contributed by atoms with Crippen LogP contribution < -0.4 is 5.73 Å². The maximum atomic E-state index is 13.0. The second-order valence-electron chi connectivity index (χ2n) is 5.81. The molecule has 0 aliphatic carbocycles. The van der Waals surface area contributed by atoms with Gasteiger partial charge in [-0.1, -0.05) is 36.4 Å². The van der Waals surface area contributed by atoms with E-state index in [0.29, 0.717) is 5.39 Å². The number of hydrogen-bond donors (Lipinski definition) is 1. The Balaban J connectivity index is 2.31. The molecule has 3 aromatic rings. The maximum Gasteiger partial charge on any atom is 0.269 e. The first-order valence-corrected chi connectivity index (χ1v) is 9.48. The summed E-state index contributed by atoms with van der Waals surface area (Å²) in [6.45, 7) is 5.15. The molecule has 6 nitrogen and oxygen atoms in total. The lowest BCUT2D eigenvalue weighted by Gasteiger charge is -2.09. The molecular formula is C18H16ClN3O3S. The number of fused-ring (bicyclic) bond motifs is 1. The maximum absolute atomic E-state index is 13.0. The third kappa shape index (κ3) is 2.94. The van der Waals surface area contributed by atoms with E-state index < -0.39 is 21.8 Å². The number of aromatic nitrogens is 2. The average molecular weight is 390 g/mol. The van der Waals surface area contributed by atoms with E-state index >= 15 is 0 Å². The van der Waals surface area contributed by atoms with Gasteiger partial charge in [-0.05, 0) is 30.7 Å². The van der Waals surface area contributed by atoms with Gasteiger partial charge in [0.2, 0.25) is 0 Å². The van der Waals surface area contributed by atoms with Crippen LogP contribution >= 0.6 is 11.6 Å². The molecular weight excluding hydrogens is 374 g/mol. The van der Waals surface area contributed by atoms with Gasteiger partial charge in [0, 0.05) is 23.3 Å². The summed E-state index contributed by atoms with van der Waals surface area (Å²) in [6, 6.07) is 8.34. The largest absolute Gasteiger partial charge is 0.317 e. The molecule has 1 atom stereocenters. The van der Waals surface area contributed by atoms with E-state index in [9.17, 15) is 13.2 Å². The molecule has 0 bridgehead atoms. The molecule has 134 valence electrons. The van der Waals surface area contributed by atoms with Crippen molar-refractivity contribution in [2.75, 3.05) is 0 Å². The molecule has 0 saturated carbocycles. The molecule has 0 spiro atoms. The van der Waals surface area contributed by atoms with E-state index in [4.69, 9.17) is 17.3 Å². The zero-order valence-electron chi connectivity index (χ0n) is 13.9. The van der Waals surface area contributed by atoms with E-state index in [1.165, 1.54) is 30.6 Å². The predicted molar refractivity (Wildman–Crippen MR) is 101 cm³/mol. The number of nitrogens with two attached hydrogens (primary N) is 1. The van der Waals surface area contributed by atoms with Crippen molar-refractivity contribution < 1.29 is 13.2 Å². The Bertz CT molecular complexity index is 1120. The number of ketones is 1. The van der Waals surface area contributed by atoms with Crippen molar-refractivity contribution in [1.29, 1.82) is 0 Å². The van der Waals surface area contributed by atoms with Gasteiger partial charge in [-0.3, -0.25) is 4.79 Å². The molecule has 3 rings (SSSR count). The standard InChI is InChI=1S/C18H16ClN3O3S/c1-11(2)17(23)16(20)13-10-22(18-15(13)14(19)8-9-21-18)26(24,25)12-6-4-3-5-7-12/h3-10,16H,1,20H2,2H3. The molecule has 26 heavy (non-hydrogen) atoms. The van der Waals surface area contributed by atoms with Crippen LogP contribution in [0.25, 0.3) is 11.0 Å². The number of pyridine rings is 1. The van der Waals surface area contributed by atoms with Gasteiger partial charge >= 0.3 is 0 Å². The fraction of sp³-hybridized carbons (Fsp3) is 0.111. The van der Waals surface area contributed by atoms with Crippen molar-refractivity contribution in [2.45, 2.75) is 17.9 Å². The minimum Gasteiger partial charge on any atom is -0.317 e. The first kappa shape index (κ1) is 18.3. The number of hydrogen-bond acceptors (Lipinski definition) is 5. The topological polar surface area (TPSA) is 95.0 Å². The van der Waals surface area contributed by atoms with Crippen LogP contribution in [0.5, 0.6) is 0 Å². The molecule has 0 amide bonds. The molecule has 1 aromatic carbocycles. The van der Waals surface area contributed by atoms with Gasteiger partial charge < -0.3 is 5.73 Å². The predicted octanol–water partition coefficient (Wildman–Crippen LogP) is 3.07. The van der Waals surface area contributed by atoms with E-state index in [1.807, 2.05) is 0 Å². The molecule has 0 radical (unpaired) electrons. The number of rotatable bonds is 5. The summed E-state index contributed by atoms with van der Waals surface area (Å²) in [5.41, 5.74) is 6.73. The molecule has 8 heteroatoms. The highest BCUT2D eigenvalue weighted by atomic mass is 35.5. The molecule has 2 aromatic heterocycles. The van der Waals surface area contributed by atoms with Crippen LogP contribution in [0.4, 0.5) is 0 Å². The second kappa shape index (κ2) is 6.68. The zero-order chi connectivity index (χ0) is 19.1. The first-order chi connectivity index (χ1) is 12.2. The number of nitrogens with zero attached hydrogens (tertiary/aromatic N) is 2. The van der Waals surface area contributed by atoms with Crippen LogP contribution in [-0.4, -0.2) is 23.2 Å². The van der Waals surface area contributed by atoms with Crippen molar-refractivity contribution >= 4 is 38.4 Å². The SMILES string of the molecule is C=C(C)C(=O)C(N)c1cn(S(=O)(=O)c2ccccc2)c2nccc(Cl)c12. The van der Waals surface area contributed by atoms with E-state index in [2.05, 4.69) is 11.6 Å². The molecule has 1 unspecified atom stereocenters. The van der Waals surface area contributed by atoms with Crippen LogP contribution in [0.15, 0.2) is 65.8 Å². The van der Waals surface area contributed by atoms with Gasteiger partial charge in [0.1, 0.15) is 0 Å². The van der Waals surface area contributed by atoms with Gasteiger partial charge in [-0.25, -0.2) is 17.4 Å². The van der Waals surface area contributed by atoms with Crippen LogP contribution in [-0.2, 0) is 14.8 Å². The highest BCUT2D eigenvalue weighted by Crippen LogP contribution is 2.33. The normalized spacial score (nSPS) is 12.9. The van der Waals surface area contributed by atoms with Gasteiger partial charge in [0.25, 0.3) is 10.0 Å². The lowest BCUT2D eigenvalue weighted by molar-refractivity contribution is -0.116. The summed E-state index contributed by atoms with van der Waals surface area (Å²) in [7, 11) is -3.93. The van der Waals surface area contributed by atoms with Crippen molar-refractivity contribution in [1.82, 2.24) is 8.96 Å². The lowest BCUT2D eigenvalue weighted by Crippen LogP contribution is -2.21. The average Bonchev–Trinajstić information content (AvgIpc) is 3.03. The molecule has 2 heterocycles. The highest BCUT2D eigenvalue weighted by Gasteiger charge is 2.28. The monoisotopic (exact) mass is 389 g/mol. The van der Waals surface area contributed by atoms with Crippen molar-refractivity contribution in [3.8, 4) is 0 Å². The number of halogens is 1. The minimum absolute atomic E-state index is 0.0880. The summed E-state index contributed by atoms with van der Waals surface area (Å²) in [4.78, 5) is 16.5. The Morgan fingerprint density at radius 3 is 2.54 bits per heavy atom. The summed E-state index contributed by atoms with van der Waals surface area (Å²) >= 11 is 6.26. The van der Waals surface area contributed by atoms with Gasteiger partial charge in [-0.2, -0.15) is 0 Å². The van der Waals surface area contributed by atoms with Crippen LogP contribution in [0, 0.1) is 0 Å². The Morgan fingerprint density at radius 1 is 1.27 bits per heavy atom. The van der Waals surface area contributed by atoms with E-state index in [1.54, 1.807) is 25.1 Å². The third-order valence-electron chi connectivity index (χ3n) is 3.97. The highest BCUT2D eigenvalue weighted by molar-refractivity contribution is 7.90. The van der Waals surface area contributed by atoms with Crippen molar-refractivity contribution in [2.24, 2.45) is 5.73 Å². The molecule has 0 aliphatic rings. The van der Waals surface area contributed by atoms with Crippen molar-refractivity contribution in [3.05, 3.63) is 71.5 Å². The molecule has 0 saturated heterocycles. The smallest absolute Gasteiger partial charge is 0.269 e. The van der Waals surface area contributed by atoms with Gasteiger partial charge in [-0.15, -0.1) is 0 Å². The van der Waals surface area contributed by atoms with E-state index in [0.717, 1.165) is 3.97 Å². The summed E-state index contributed by atoms with van der Waals surface area (Å²) in [5.74, 6) is -0.402. The van der Waals surface area contributed by atoms with Gasteiger partial charge in [0.05, 0.1) is 16.0 Å².